The van der Waals surface area contributed by atoms with Crippen molar-refractivity contribution in [3.8, 4) is 0 Å². The maximum Gasteiger partial charge on any atom is 0.241 e. The second-order valence-electron chi connectivity index (χ2n) is 6.71. The zero-order valence-corrected chi connectivity index (χ0v) is 19.1. The molecule has 1 heterocycles. The number of thioether (sulfide) groups is 1. The molecule has 0 aliphatic rings. The van der Waals surface area contributed by atoms with Crippen LogP contribution >= 0.6 is 23.1 Å². The van der Waals surface area contributed by atoms with E-state index in [1.165, 1.54) is 28.7 Å². The zero-order chi connectivity index (χ0) is 21.6. The molecule has 3 aromatic rings. The lowest BCUT2D eigenvalue weighted by atomic mass is 10.1. The standard InChI is InChI=1S/C20H22N4O3S3/c1-15-8-10-16(11-9-15)12-24(30(2,26)27)13-18(25)21-19-22-23-20(29-19)28-14-17-6-4-3-5-7-17/h3-11H,12-14H2,1-2H3,(H,21,22,25). The van der Waals surface area contributed by atoms with Crippen LogP contribution in [0.15, 0.2) is 58.9 Å². The molecule has 1 amide bonds. The molecule has 0 aliphatic carbocycles. The van der Waals surface area contributed by atoms with Gasteiger partial charge in [0.25, 0.3) is 0 Å². The van der Waals surface area contributed by atoms with Gasteiger partial charge < -0.3 is 0 Å². The van der Waals surface area contributed by atoms with Crippen LogP contribution in [-0.2, 0) is 27.1 Å². The number of carbonyl (C=O) groups is 1. The van der Waals surface area contributed by atoms with Crippen molar-refractivity contribution in [1.82, 2.24) is 14.5 Å². The van der Waals surface area contributed by atoms with Crippen molar-refractivity contribution in [3.63, 3.8) is 0 Å². The molecule has 0 fully saturated rings. The summed E-state index contributed by atoms with van der Waals surface area (Å²) in [5.41, 5.74) is 3.07. The number of aromatic nitrogens is 2. The van der Waals surface area contributed by atoms with Crippen LogP contribution in [0.2, 0.25) is 0 Å². The van der Waals surface area contributed by atoms with Crippen molar-refractivity contribution in [2.45, 2.75) is 23.6 Å². The summed E-state index contributed by atoms with van der Waals surface area (Å²) >= 11 is 2.79. The molecule has 0 spiro atoms. The van der Waals surface area contributed by atoms with E-state index >= 15 is 0 Å². The Bertz CT molecular complexity index is 1080. The van der Waals surface area contributed by atoms with E-state index in [-0.39, 0.29) is 13.1 Å². The smallest absolute Gasteiger partial charge is 0.241 e. The number of amides is 1. The Balaban J connectivity index is 1.57. The van der Waals surface area contributed by atoms with Crippen LogP contribution in [0, 0.1) is 6.92 Å². The quantitative estimate of drug-likeness (QED) is 0.386. The Morgan fingerprint density at radius 1 is 1.07 bits per heavy atom. The summed E-state index contributed by atoms with van der Waals surface area (Å²) in [6, 6.07) is 17.5. The summed E-state index contributed by atoms with van der Waals surface area (Å²) in [5.74, 6) is 0.297. The van der Waals surface area contributed by atoms with Crippen LogP contribution < -0.4 is 5.32 Å². The zero-order valence-electron chi connectivity index (χ0n) is 16.6. The molecule has 7 nitrogen and oxygen atoms in total. The van der Waals surface area contributed by atoms with Crippen LogP contribution in [0.1, 0.15) is 16.7 Å². The third-order valence-electron chi connectivity index (χ3n) is 4.13. The lowest BCUT2D eigenvalue weighted by Crippen LogP contribution is -2.36. The topological polar surface area (TPSA) is 92.3 Å². The van der Waals surface area contributed by atoms with Gasteiger partial charge in [0, 0.05) is 12.3 Å². The van der Waals surface area contributed by atoms with Crippen LogP contribution in [0.25, 0.3) is 0 Å². The van der Waals surface area contributed by atoms with E-state index in [2.05, 4.69) is 15.5 Å². The Morgan fingerprint density at radius 3 is 2.43 bits per heavy atom. The maximum atomic E-state index is 12.4. The SMILES string of the molecule is Cc1ccc(CN(CC(=O)Nc2nnc(SCc3ccccc3)s2)S(C)(=O)=O)cc1. The van der Waals surface area contributed by atoms with Gasteiger partial charge in [0.15, 0.2) is 4.34 Å². The van der Waals surface area contributed by atoms with Gasteiger partial charge >= 0.3 is 0 Å². The average Bonchev–Trinajstić information content (AvgIpc) is 3.15. The number of rotatable bonds is 9. The molecule has 0 aliphatic heterocycles. The van der Waals surface area contributed by atoms with Crippen LogP contribution in [0.3, 0.4) is 0 Å². The molecule has 0 saturated heterocycles. The Kier molecular flexibility index (Phi) is 7.59. The first-order chi connectivity index (χ1) is 14.3. The number of carbonyl (C=O) groups excluding carboxylic acids is 1. The Labute approximate surface area is 184 Å². The Morgan fingerprint density at radius 2 is 1.77 bits per heavy atom. The number of nitrogens with zero attached hydrogens (tertiary/aromatic N) is 3. The number of sulfonamides is 1. The van der Waals surface area contributed by atoms with E-state index in [4.69, 9.17) is 0 Å². The summed E-state index contributed by atoms with van der Waals surface area (Å²) in [6.45, 7) is 1.79. The predicted octanol–water partition coefficient (Wildman–Crippen LogP) is 3.54. The highest BCUT2D eigenvalue weighted by Gasteiger charge is 2.21. The molecule has 1 N–H and O–H groups in total. The Hall–Kier alpha value is -2.27. The van der Waals surface area contributed by atoms with Crippen LogP contribution in [0.4, 0.5) is 5.13 Å². The van der Waals surface area contributed by atoms with Crippen molar-refractivity contribution in [2.75, 3.05) is 18.1 Å². The van der Waals surface area contributed by atoms with E-state index in [9.17, 15) is 13.2 Å². The van der Waals surface area contributed by atoms with Crippen molar-refractivity contribution in [1.29, 1.82) is 0 Å². The van der Waals surface area contributed by atoms with Crippen molar-refractivity contribution >= 4 is 44.2 Å². The molecule has 2 aromatic carbocycles. The maximum absolute atomic E-state index is 12.4. The van der Waals surface area contributed by atoms with Gasteiger partial charge in [0.1, 0.15) is 0 Å². The molecule has 158 valence electrons. The van der Waals surface area contributed by atoms with Gasteiger partial charge in [-0.3, -0.25) is 10.1 Å². The second kappa shape index (κ2) is 10.2. The van der Waals surface area contributed by atoms with Crippen molar-refractivity contribution in [2.24, 2.45) is 0 Å². The molecular weight excluding hydrogens is 440 g/mol. The normalized spacial score (nSPS) is 11.6. The molecule has 1 aromatic heterocycles. The first-order valence-corrected chi connectivity index (χ1v) is 12.8. The number of hydrogen-bond donors (Lipinski definition) is 1. The molecule has 3 rings (SSSR count). The summed E-state index contributed by atoms with van der Waals surface area (Å²) in [4.78, 5) is 12.4. The van der Waals surface area contributed by atoms with E-state index in [1.54, 1.807) is 0 Å². The minimum atomic E-state index is -3.56. The molecule has 0 unspecified atom stereocenters. The highest BCUT2D eigenvalue weighted by atomic mass is 32.2. The fourth-order valence-corrected chi connectivity index (χ4v) is 5.00. The van der Waals surface area contributed by atoms with Gasteiger partial charge in [-0.15, -0.1) is 10.2 Å². The van der Waals surface area contributed by atoms with E-state index in [1.807, 2.05) is 61.5 Å². The number of anilines is 1. The first kappa shape index (κ1) is 22.4. The minimum Gasteiger partial charge on any atom is -0.299 e. The summed E-state index contributed by atoms with van der Waals surface area (Å²) in [5, 5.41) is 11.0. The van der Waals surface area contributed by atoms with E-state index in [0.29, 0.717) is 5.13 Å². The number of nitrogens with one attached hydrogen (secondary N) is 1. The number of hydrogen-bond acceptors (Lipinski definition) is 7. The lowest BCUT2D eigenvalue weighted by Gasteiger charge is -2.19. The highest BCUT2D eigenvalue weighted by molar-refractivity contribution is 8.00. The van der Waals surface area contributed by atoms with Gasteiger partial charge in [0.2, 0.25) is 21.1 Å². The molecular formula is C20H22N4O3S3. The molecule has 0 bridgehead atoms. The highest BCUT2D eigenvalue weighted by Crippen LogP contribution is 2.28. The van der Waals surface area contributed by atoms with Crippen LogP contribution in [-0.4, -0.2) is 41.6 Å². The molecule has 0 radical (unpaired) electrons. The second-order valence-corrected chi connectivity index (χ2v) is 10.9. The number of aryl methyl sites for hydroxylation is 1. The van der Waals surface area contributed by atoms with Gasteiger partial charge in [-0.25, -0.2) is 8.42 Å². The van der Waals surface area contributed by atoms with Gasteiger partial charge in [-0.1, -0.05) is 83.3 Å². The predicted molar refractivity (Wildman–Crippen MR) is 121 cm³/mol. The van der Waals surface area contributed by atoms with Gasteiger partial charge in [0.05, 0.1) is 12.8 Å². The fourth-order valence-electron chi connectivity index (χ4n) is 2.54. The minimum absolute atomic E-state index is 0.126. The third-order valence-corrected chi connectivity index (χ3v) is 7.37. The summed E-state index contributed by atoms with van der Waals surface area (Å²) < 4.78 is 26.1. The van der Waals surface area contributed by atoms with Gasteiger partial charge in [-0.05, 0) is 18.1 Å². The van der Waals surface area contributed by atoms with Crippen molar-refractivity contribution < 1.29 is 13.2 Å². The van der Waals surface area contributed by atoms with Crippen LogP contribution in [0.5, 0.6) is 0 Å². The molecule has 0 atom stereocenters. The lowest BCUT2D eigenvalue weighted by molar-refractivity contribution is -0.116. The van der Waals surface area contributed by atoms with E-state index in [0.717, 1.165) is 31.8 Å². The summed E-state index contributed by atoms with van der Waals surface area (Å²) in [7, 11) is -3.56. The number of benzene rings is 2. The fraction of sp³-hybridized carbons (Fsp3) is 0.250. The molecule has 0 saturated carbocycles. The third kappa shape index (κ3) is 6.91. The average molecular weight is 463 g/mol. The largest absolute Gasteiger partial charge is 0.299 e. The van der Waals surface area contributed by atoms with E-state index < -0.39 is 15.9 Å². The van der Waals surface area contributed by atoms with Gasteiger partial charge in [-0.2, -0.15) is 4.31 Å². The summed E-state index contributed by atoms with van der Waals surface area (Å²) in [6.07, 6.45) is 1.09. The first-order valence-electron chi connectivity index (χ1n) is 9.10. The van der Waals surface area contributed by atoms with Crippen molar-refractivity contribution in [3.05, 3.63) is 71.3 Å². The molecule has 10 heteroatoms. The monoisotopic (exact) mass is 462 g/mol. The molecule has 30 heavy (non-hydrogen) atoms.